The van der Waals surface area contributed by atoms with Crippen molar-refractivity contribution < 1.29 is 9.59 Å². The van der Waals surface area contributed by atoms with E-state index >= 15 is 0 Å². The second-order valence-electron chi connectivity index (χ2n) is 4.04. The molecule has 1 aliphatic rings. The molecule has 0 aromatic rings. The molecule has 0 aromatic carbocycles. The van der Waals surface area contributed by atoms with Gasteiger partial charge in [-0.3, -0.25) is 14.9 Å². The van der Waals surface area contributed by atoms with Crippen molar-refractivity contribution in [2.45, 2.75) is 33.6 Å². The van der Waals surface area contributed by atoms with Crippen molar-refractivity contribution in [3.05, 3.63) is 0 Å². The lowest BCUT2D eigenvalue weighted by atomic mass is 9.80. The summed E-state index contributed by atoms with van der Waals surface area (Å²) in [6.45, 7) is 6.27. The van der Waals surface area contributed by atoms with Gasteiger partial charge in [-0.2, -0.15) is 0 Å². The molecule has 3 heteroatoms. The van der Waals surface area contributed by atoms with E-state index in [-0.39, 0.29) is 17.7 Å². The first-order valence-electron chi connectivity index (χ1n) is 4.90. The van der Waals surface area contributed by atoms with E-state index < -0.39 is 0 Å². The first-order chi connectivity index (χ1) is 6.06. The topological polar surface area (TPSA) is 46.2 Å². The number of carbonyl (C=O) groups excluding carboxylic acids is 2. The largest absolute Gasteiger partial charge is 0.296 e. The minimum Gasteiger partial charge on any atom is -0.296 e. The fraction of sp³-hybridized carbons (Fsp3) is 0.800. The van der Waals surface area contributed by atoms with Crippen LogP contribution in [0.4, 0.5) is 0 Å². The highest BCUT2D eigenvalue weighted by Gasteiger charge is 2.36. The fourth-order valence-electron chi connectivity index (χ4n) is 2.14. The van der Waals surface area contributed by atoms with E-state index in [2.05, 4.69) is 26.1 Å². The predicted octanol–water partition coefficient (Wildman–Crippen LogP) is 1.33. The summed E-state index contributed by atoms with van der Waals surface area (Å²) in [5.41, 5.74) is 0. The fourth-order valence-corrected chi connectivity index (χ4v) is 2.14. The van der Waals surface area contributed by atoms with Crippen LogP contribution in [0.3, 0.4) is 0 Å². The minimum absolute atomic E-state index is 0.0782. The monoisotopic (exact) mass is 183 g/mol. The number of nitrogens with one attached hydrogen (secondary N) is 1. The molecule has 2 atom stereocenters. The molecule has 2 amide bonds. The maximum absolute atomic E-state index is 11.4. The number of hydrogen-bond donors (Lipinski definition) is 1. The van der Waals surface area contributed by atoms with E-state index in [1.807, 2.05) is 0 Å². The van der Waals surface area contributed by atoms with Crippen LogP contribution < -0.4 is 5.32 Å². The second-order valence-corrected chi connectivity index (χ2v) is 4.04. The Morgan fingerprint density at radius 1 is 1.46 bits per heavy atom. The zero-order valence-corrected chi connectivity index (χ0v) is 8.46. The van der Waals surface area contributed by atoms with Gasteiger partial charge in [-0.05, 0) is 11.8 Å². The van der Waals surface area contributed by atoms with Crippen LogP contribution in [-0.4, -0.2) is 11.8 Å². The third-order valence-corrected chi connectivity index (χ3v) is 2.85. The molecule has 1 fully saturated rings. The molecule has 0 saturated carbocycles. The van der Waals surface area contributed by atoms with Gasteiger partial charge >= 0.3 is 0 Å². The Balaban J connectivity index is 2.69. The van der Waals surface area contributed by atoms with Crippen LogP contribution in [0.5, 0.6) is 0 Å². The van der Waals surface area contributed by atoms with Gasteiger partial charge in [-0.25, -0.2) is 0 Å². The summed E-state index contributed by atoms with van der Waals surface area (Å²) < 4.78 is 0. The molecular weight excluding hydrogens is 166 g/mol. The van der Waals surface area contributed by atoms with E-state index in [1.54, 1.807) is 0 Å². The van der Waals surface area contributed by atoms with Gasteiger partial charge in [0.05, 0.1) is 5.92 Å². The Bertz CT molecular complexity index is 223. The zero-order chi connectivity index (χ0) is 10.0. The van der Waals surface area contributed by atoms with E-state index in [1.165, 1.54) is 0 Å². The Hall–Kier alpha value is -0.860. The molecule has 0 radical (unpaired) electrons. The van der Waals surface area contributed by atoms with Crippen LogP contribution in [0.25, 0.3) is 0 Å². The number of hydrogen-bond acceptors (Lipinski definition) is 2. The van der Waals surface area contributed by atoms with Crippen molar-refractivity contribution in [3.63, 3.8) is 0 Å². The predicted molar refractivity (Wildman–Crippen MR) is 49.9 cm³/mol. The highest BCUT2D eigenvalue weighted by molar-refractivity contribution is 6.03. The molecule has 1 N–H and O–H groups in total. The molecular formula is C10H17NO2. The van der Waals surface area contributed by atoms with Gasteiger partial charge in [-0.1, -0.05) is 27.2 Å². The Labute approximate surface area is 78.9 Å². The van der Waals surface area contributed by atoms with Gasteiger partial charge < -0.3 is 0 Å². The lowest BCUT2D eigenvalue weighted by molar-refractivity contribution is -0.126. The number of imide groups is 1. The van der Waals surface area contributed by atoms with Crippen molar-refractivity contribution in [1.29, 1.82) is 0 Å². The second kappa shape index (κ2) is 3.90. The summed E-state index contributed by atoms with van der Waals surface area (Å²) in [7, 11) is 0. The highest BCUT2D eigenvalue weighted by atomic mass is 16.2. The van der Waals surface area contributed by atoms with Crippen LogP contribution in [0.2, 0.25) is 0 Å². The first kappa shape index (κ1) is 10.2. The molecule has 3 nitrogen and oxygen atoms in total. The highest BCUT2D eigenvalue weighted by Crippen LogP contribution is 2.29. The molecule has 13 heavy (non-hydrogen) atoms. The average molecular weight is 183 g/mol. The Morgan fingerprint density at radius 2 is 2.08 bits per heavy atom. The summed E-state index contributed by atoms with van der Waals surface area (Å²) in [5, 5.41) is 2.36. The van der Waals surface area contributed by atoms with Gasteiger partial charge in [0.25, 0.3) is 0 Å². The molecule has 0 aliphatic carbocycles. The molecule has 1 heterocycles. The molecule has 1 rings (SSSR count). The average Bonchev–Trinajstić information content (AvgIpc) is 2.31. The van der Waals surface area contributed by atoms with Crippen molar-refractivity contribution >= 4 is 11.8 Å². The first-order valence-corrected chi connectivity index (χ1v) is 4.90. The molecule has 2 unspecified atom stereocenters. The van der Waals surface area contributed by atoms with Crippen molar-refractivity contribution in [2.75, 3.05) is 0 Å². The lowest BCUT2D eigenvalue weighted by Gasteiger charge is -2.22. The van der Waals surface area contributed by atoms with Crippen molar-refractivity contribution in [2.24, 2.45) is 17.8 Å². The van der Waals surface area contributed by atoms with Gasteiger partial charge in [0, 0.05) is 6.42 Å². The lowest BCUT2D eigenvalue weighted by Crippen LogP contribution is -2.28. The smallest absolute Gasteiger partial charge is 0.230 e. The van der Waals surface area contributed by atoms with E-state index in [0.29, 0.717) is 18.3 Å². The Morgan fingerprint density at radius 3 is 2.38 bits per heavy atom. The SMILES string of the molecule is CCC(C(C)C)C1CC(=O)NC1=O. The third-order valence-electron chi connectivity index (χ3n) is 2.85. The summed E-state index contributed by atoms with van der Waals surface area (Å²) in [6, 6.07) is 0. The number of amides is 2. The molecule has 1 aliphatic heterocycles. The maximum Gasteiger partial charge on any atom is 0.230 e. The quantitative estimate of drug-likeness (QED) is 0.671. The van der Waals surface area contributed by atoms with E-state index in [4.69, 9.17) is 0 Å². The molecule has 1 saturated heterocycles. The van der Waals surface area contributed by atoms with E-state index in [0.717, 1.165) is 6.42 Å². The Kier molecular flexibility index (Phi) is 3.07. The van der Waals surface area contributed by atoms with Crippen LogP contribution in [-0.2, 0) is 9.59 Å². The normalized spacial score (nSPS) is 25.1. The minimum atomic E-state index is -0.117. The number of rotatable bonds is 3. The number of carbonyl (C=O) groups is 2. The maximum atomic E-state index is 11.4. The summed E-state index contributed by atoms with van der Waals surface area (Å²) in [6.07, 6.45) is 1.35. The van der Waals surface area contributed by atoms with Gasteiger partial charge in [0.1, 0.15) is 0 Å². The van der Waals surface area contributed by atoms with Gasteiger partial charge in [-0.15, -0.1) is 0 Å². The van der Waals surface area contributed by atoms with Crippen molar-refractivity contribution in [3.8, 4) is 0 Å². The van der Waals surface area contributed by atoms with Gasteiger partial charge in [0.2, 0.25) is 11.8 Å². The molecule has 0 spiro atoms. The third kappa shape index (κ3) is 2.08. The van der Waals surface area contributed by atoms with Crippen LogP contribution in [0, 0.1) is 17.8 Å². The van der Waals surface area contributed by atoms with Crippen molar-refractivity contribution in [1.82, 2.24) is 5.32 Å². The summed E-state index contributed by atoms with van der Waals surface area (Å²) in [4.78, 5) is 22.3. The summed E-state index contributed by atoms with van der Waals surface area (Å²) in [5.74, 6) is 0.523. The molecule has 74 valence electrons. The van der Waals surface area contributed by atoms with Crippen LogP contribution in [0.15, 0.2) is 0 Å². The van der Waals surface area contributed by atoms with Crippen LogP contribution >= 0.6 is 0 Å². The molecule has 0 aromatic heterocycles. The zero-order valence-electron chi connectivity index (χ0n) is 8.46. The van der Waals surface area contributed by atoms with Crippen LogP contribution in [0.1, 0.15) is 33.6 Å². The standard InChI is InChI=1S/C10H17NO2/c1-4-7(6(2)3)8-5-9(12)11-10(8)13/h6-8H,4-5H2,1-3H3,(H,11,12,13). The van der Waals surface area contributed by atoms with Gasteiger partial charge in [0.15, 0.2) is 0 Å². The summed E-state index contributed by atoms with van der Waals surface area (Å²) >= 11 is 0. The molecule has 0 bridgehead atoms. The van der Waals surface area contributed by atoms with E-state index in [9.17, 15) is 9.59 Å².